The van der Waals surface area contributed by atoms with E-state index >= 15 is 0 Å². The van der Waals surface area contributed by atoms with Crippen LogP contribution in [0.25, 0.3) is 0 Å². The number of hydrogen-bond donors (Lipinski definition) is 1. The van der Waals surface area contributed by atoms with Gasteiger partial charge in [-0.25, -0.2) is 8.42 Å². The zero-order valence-corrected chi connectivity index (χ0v) is 15.7. The highest BCUT2D eigenvalue weighted by molar-refractivity contribution is 7.89. The lowest BCUT2D eigenvalue weighted by atomic mass is 9.98. The Morgan fingerprint density at radius 3 is 2.50 bits per heavy atom. The van der Waals surface area contributed by atoms with Gasteiger partial charge in [0, 0.05) is 19.6 Å². The second-order valence-corrected chi connectivity index (χ2v) is 8.66. The Morgan fingerprint density at radius 1 is 1.12 bits per heavy atom. The predicted octanol–water partition coefficient (Wildman–Crippen LogP) is 2.71. The highest BCUT2D eigenvalue weighted by Crippen LogP contribution is 2.23. The molecule has 1 N–H and O–H groups in total. The van der Waals surface area contributed by atoms with Gasteiger partial charge in [0.25, 0.3) is 0 Å². The van der Waals surface area contributed by atoms with Gasteiger partial charge in [0.2, 0.25) is 15.9 Å². The van der Waals surface area contributed by atoms with Crippen LogP contribution in [0.4, 0.5) is 0 Å². The lowest BCUT2D eigenvalue weighted by Gasteiger charge is -2.31. The normalized spacial score (nSPS) is 18.4. The van der Waals surface area contributed by atoms with Crippen molar-refractivity contribution < 1.29 is 13.2 Å². The van der Waals surface area contributed by atoms with Gasteiger partial charge >= 0.3 is 0 Å². The molecule has 1 aliphatic heterocycles. The van der Waals surface area contributed by atoms with Gasteiger partial charge in [-0.2, -0.15) is 4.31 Å². The van der Waals surface area contributed by atoms with Crippen LogP contribution in [0.2, 0.25) is 0 Å². The summed E-state index contributed by atoms with van der Waals surface area (Å²) >= 11 is 0. The fraction of sp³-hybridized carbons (Fsp3) is 0.350. The molecule has 0 spiro atoms. The molecule has 0 bridgehead atoms. The van der Waals surface area contributed by atoms with Crippen LogP contribution >= 0.6 is 0 Å². The molecule has 3 rings (SSSR count). The molecule has 0 aliphatic carbocycles. The first-order chi connectivity index (χ1) is 12.5. The third kappa shape index (κ3) is 4.31. The molecular weight excluding hydrogens is 348 g/mol. The molecule has 1 amide bonds. The van der Waals surface area contributed by atoms with E-state index in [2.05, 4.69) is 5.32 Å². The van der Waals surface area contributed by atoms with E-state index in [4.69, 9.17) is 0 Å². The summed E-state index contributed by atoms with van der Waals surface area (Å²) in [5, 5.41) is 2.94. The van der Waals surface area contributed by atoms with Gasteiger partial charge in [-0.15, -0.1) is 0 Å². The second-order valence-electron chi connectivity index (χ2n) is 6.72. The summed E-state index contributed by atoms with van der Waals surface area (Å²) < 4.78 is 27.0. The highest BCUT2D eigenvalue weighted by Gasteiger charge is 2.33. The molecule has 2 aromatic rings. The Kier molecular flexibility index (Phi) is 5.74. The molecule has 2 aromatic carbocycles. The van der Waals surface area contributed by atoms with Crippen molar-refractivity contribution in [2.45, 2.75) is 31.2 Å². The number of rotatable bonds is 5. The van der Waals surface area contributed by atoms with Crippen LogP contribution in [0.5, 0.6) is 0 Å². The van der Waals surface area contributed by atoms with Crippen molar-refractivity contribution in [3.8, 4) is 0 Å². The van der Waals surface area contributed by atoms with Crippen molar-refractivity contribution >= 4 is 15.9 Å². The summed E-state index contributed by atoms with van der Waals surface area (Å²) in [6, 6.07) is 16.4. The first-order valence-corrected chi connectivity index (χ1v) is 10.3. The minimum absolute atomic E-state index is 0.0847. The molecule has 26 heavy (non-hydrogen) atoms. The van der Waals surface area contributed by atoms with Crippen molar-refractivity contribution in [2.75, 3.05) is 13.1 Å². The molecule has 1 heterocycles. The molecule has 0 saturated carbocycles. The fourth-order valence-corrected chi connectivity index (χ4v) is 4.70. The number of benzene rings is 2. The summed E-state index contributed by atoms with van der Waals surface area (Å²) in [6.45, 7) is 3.17. The summed E-state index contributed by atoms with van der Waals surface area (Å²) in [5.74, 6) is -0.397. The number of carbonyl (C=O) groups is 1. The van der Waals surface area contributed by atoms with E-state index in [1.165, 1.54) is 9.87 Å². The van der Waals surface area contributed by atoms with Crippen LogP contribution in [0.3, 0.4) is 0 Å². The smallest absolute Gasteiger partial charge is 0.243 e. The van der Waals surface area contributed by atoms with Gasteiger partial charge < -0.3 is 5.32 Å². The average Bonchev–Trinajstić information content (AvgIpc) is 2.68. The number of amides is 1. The first kappa shape index (κ1) is 18.6. The van der Waals surface area contributed by atoms with Crippen molar-refractivity contribution in [3.05, 3.63) is 65.7 Å². The van der Waals surface area contributed by atoms with E-state index in [9.17, 15) is 13.2 Å². The minimum Gasteiger partial charge on any atom is -0.352 e. The molecule has 0 radical (unpaired) electrons. The Hall–Kier alpha value is -2.18. The van der Waals surface area contributed by atoms with Gasteiger partial charge in [-0.1, -0.05) is 48.0 Å². The largest absolute Gasteiger partial charge is 0.352 e. The van der Waals surface area contributed by atoms with Crippen LogP contribution in [-0.2, 0) is 21.4 Å². The molecule has 1 saturated heterocycles. The van der Waals surface area contributed by atoms with Crippen LogP contribution in [-0.4, -0.2) is 31.7 Å². The third-order valence-corrected chi connectivity index (χ3v) is 6.60. The molecule has 0 unspecified atom stereocenters. The van der Waals surface area contributed by atoms with Gasteiger partial charge in [0.1, 0.15) is 0 Å². The maximum Gasteiger partial charge on any atom is 0.243 e. The summed E-state index contributed by atoms with van der Waals surface area (Å²) in [7, 11) is -3.55. The lowest BCUT2D eigenvalue weighted by Crippen LogP contribution is -2.45. The van der Waals surface area contributed by atoms with Gasteiger partial charge in [-0.05, 0) is 37.5 Å². The predicted molar refractivity (Wildman–Crippen MR) is 101 cm³/mol. The Bertz CT molecular complexity index is 848. The van der Waals surface area contributed by atoms with E-state index in [1.807, 2.05) is 31.2 Å². The average molecular weight is 372 g/mol. The van der Waals surface area contributed by atoms with Crippen LogP contribution in [0, 0.1) is 12.8 Å². The van der Waals surface area contributed by atoms with Crippen molar-refractivity contribution in [1.29, 1.82) is 0 Å². The summed E-state index contributed by atoms with van der Waals surface area (Å²) in [6.07, 6.45) is 1.40. The zero-order chi connectivity index (χ0) is 18.6. The van der Waals surface area contributed by atoms with Crippen LogP contribution in [0.1, 0.15) is 24.0 Å². The number of nitrogens with zero attached hydrogens (tertiary/aromatic N) is 1. The lowest BCUT2D eigenvalue weighted by molar-refractivity contribution is -0.126. The number of carbonyl (C=O) groups excluding carboxylic acids is 1. The standard InChI is InChI=1S/C20H24N2O3S/c1-16-9-11-17(12-10-16)14-21-20(23)18-6-5-13-22(15-18)26(24,25)19-7-3-2-4-8-19/h2-4,7-12,18H,5-6,13-15H2,1H3,(H,21,23)/t18-/m1/s1. The topological polar surface area (TPSA) is 66.5 Å². The fourth-order valence-electron chi connectivity index (χ4n) is 3.16. The number of sulfonamides is 1. The van der Waals surface area contributed by atoms with Crippen molar-refractivity contribution in [3.63, 3.8) is 0 Å². The number of piperidine rings is 1. The van der Waals surface area contributed by atoms with E-state index in [-0.39, 0.29) is 23.3 Å². The number of aryl methyl sites for hydroxylation is 1. The van der Waals surface area contributed by atoms with Gasteiger partial charge in [0.15, 0.2) is 0 Å². The maximum absolute atomic E-state index is 12.8. The highest BCUT2D eigenvalue weighted by atomic mass is 32.2. The third-order valence-electron chi connectivity index (χ3n) is 4.72. The van der Waals surface area contributed by atoms with Crippen molar-refractivity contribution in [2.24, 2.45) is 5.92 Å². The quantitative estimate of drug-likeness (QED) is 0.878. The SMILES string of the molecule is Cc1ccc(CNC(=O)[C@@H]2CCCN(S(=O)(=O)c3ccccc3)C2)cc1. The van der Waals surface area contributed by atoms with E-state index in [1.54, 1.807) is 30.3 Å². The van der Waals surface area contributed by atoms with Crippen molar-refractivity contribution in [1.82, 2.24) is 9.62 Å². The Labute approximate surface area is 155 Å². The number of nitrogens with one attached hydrogen (secondary N) is 1. The molecule has 0 aromatic heterocycles. The molecule has 138 valence electrons. The number of hydrogen-bond acceptors (Lipinski definition) is 3. The van der Waals surface area contributed by atoms with Crippen LogP contribution in [0.15, 0.2) is 59.5 Å². The Morgan fingerprint density at radius 2 is 1.81 bits per heavy atom. The minimum atomic E-state index is -3.55. The maximum atomic E-state index is 12.8. The van der Waals surface area contributed by atoms with E-state index < -0.39 is 10.0 Å². The van der Waals surface area contributed by atoms with Gasteiger partial charge in [0.05, 0.1) is 10.8 Å². The van der Waals surface area contributed by atoms with Crippen LogP contribution < -0.4 is 5.32 Å². The Balaban J connectivity index is 1.62. The molecule has 1 aliphatic rings. The molecule has 1 atom stereocenters. The summed E-state index contributed by atoms with van der Waals surface area (Å²) in [5.41, 5.74) is 2.21. The van der Waals surface area contributed by atoms with E-state index in [0.717, 1.165) is 5.56 Å². The zero-order valence-electron chi connectivity index (χ0n) is 14.9. The van der Waals surface area contributed by atoms with Gasteiger partial charge in [-0.3, -0.25) is 4.79 Å². The molecule has 1 fully saturated rings. The second kappa shape index (κ2) is 8.01. The molecule has 6 heteroatoms. The molecular formula is C20H24N2O3S. The summed E-state index contributed by atoms with van der Waals surface area (Å²) in [4.78, 5) is 12.8. The van der Waals surface area contributed by atoms with E-state index in [0.29, 0.717) is 25.9 Å². The monoisotopic (exact) mass is 372 g/mol. The molecule has 5 nitrogen and oxygen atoms in total. The first-order valence-electron chi connectivity index (χ1n) is 8.85.